The molecule has 1 aromatic carbocycles. The van der Waals surface area contributed by atoms with Gasteiger partial charge in [-0.05, 0) is 60.8 Å². The first-order valence-electron chi connectivity index (χ1n) is 10.6. The molecule has 0 bridgehead atoms. The van der Waals surface area contributed by atoms with Crippen LogP contribution in [0.3, 0.4) is 0 Å². The fraction of sp³-hybridized carbons (Fsp3) is 0.522. The zero-order chi connectivity index (χ0) is 21.6. The highest BCUT2D eigenvalue weighted by atomic mass is 35.5. The molecule has 2 atom stereocenters. The van der Waals surface area contributed by atoms with Crippen molar-refractivity contribution in [2.24, 2.45) is 11.3 Å². The van der Waals surface area contributed by atoms with E-state index < -0.39 is 6.17 Å². The van der Waals surface area contributed by atoms with Crippen molar-refractivity contribution in [1.29, 1.82) is 0 Å². The molecule has 0 saturated heterocycles. The van der Waals surface area contributed by atoms with Gasteiger partial charge in [-0.25, -0.2) is 0 Å². The van der Waals surface area contributed by atoms with E-state index in [9.17, 15) is 9.90 Å². The molecule has 1 aromatic heterocycles. The van der Waals surface area contributed by atoms with Gasteiger partial charge in [0, 0.05) is 4.88 Å². The second-order valence-corrected chi connectivity index (χ2v) is 10.3. The summed E-state index contributed by atoms with van der Waals surface area (Å²) in [6.07, 6.45) is 3.84. The molecule has 2 heterocycles. The number of thiophene rings is 1. The average Bonchev–Trinajstić information content (AvgIpc) is 3.09. The van der Waals surface area contributed by atoms with Gasteiger partial charge in [0.05, 0.1) is 17.2 Å². The van der Waals surface area contributed by atoms with Gasteiger partial charge in [-0.3, -0.25) is 4.79 Å². The van der Waals surface area contributed by atoms with Crippen LogP contribution in [-0.2, 0) is 12.8 Å². The van der Waals surface area contributed by atoms with E-state index in [0.29, 0.717) is 23.7 Å². The molecule has 1 aliphatic heterocycles. The summed E-state index contributed by atoms with van der Waals surface area (Å²) in [5.74, 6) is 0.818. The Labute approximate surface area is 186 Å². The van der Waals surface area contributed by atoms with E-state index in [1.807, 2.05) is 6.92 Å². The maximum Gasteiger partial charge on any atom is 0.256 e. The standard InChI is InChI=1S/C23H29ClN2O3S/c1-5-23(3,4)13-7-8-14-17(11-13)30-22-18(14)21(28)25-20(26-22)12-9-15(24)19(27)16(10-12)29-6-2/h9-10,13,20,26-27H,5-8,11H2,1-4H3,(H,25,28)/t13-,20+/m0/s1. The zero-order valence-corrected chi connectivity index (χ0v) is 19.5. The number of anilines is 1. The molecule has 0 fully saturated rings. The topological polar surface area (TPSA) is 70.6 Å². The Morgan fingerprint density at radius 2 is 2.07 bits per heavy atom. The van der Waals surface area contributed by atoms with Crippen LogP contribution in [-0.4, -0.2) is 17.6 Å². The Morgan fingerprint density at radius 3 is 2.77 bits per heavy atom. The monoisotopic (exact) mass is 448 g/mol. The van der Waals surface area contributed by atoms with Crippen LogP contribution in [0, 0.1) is 11.3 Å². The lowest BCUT2D eigenvalue weighted by Crippen LogP contribution is -2.38. The van der Waals surface area contributed by atoms with Crippen LogP contribution in [0.1, 0.15) is 73.1 Å². The largest absolute Gasteiger partial charge is 0.503 e. The molecule has 5 nitrogen and oxygen atoms in total. The number of nitrogens with one attached hydrogen (secondary N) is 2. The number of ether oxygens (including phenoxy) is 1. The molecule has 162 valence electrons. The third-order valence-corrected chi connectivity index (χ3v) is 8.22. The molecular formula is C23H29ClN2O3S. The van der Waals surface area contributed by atoms with Crippen molar-refractivity contribution >= 4 is 33.8 Å². The van der Waals surface area contributed by atoms with E-state index in [2.05, 4.69) is 31.4 Å². The first kappa shape index (κ1) is 21.3. The lowest BCUT2D eigenvalue weighted by atomic mass is 9.69. The number of fused-ring (bicyclic) bond motifs is 3. The van der Waals surface area contributed by atoms with Gasteiger partial charge < -0.3 is 20.5 Å². The fourth-order valence-electron chi connectivity index (χ4n) is 4.45. The molecule has 1 aliphatic carbocycles. The molecule has 1 amide bonds. The number of hydrogen-bond acceptors (Lipinski definition) is 5. The van der Waals surface area contributed by atoms with Crippen molar-refractivity contribution in [1.82, 2.24) is 5.32 Å². The van der Waals surface area contributed by atoms with Gasteiger partial charge in [-0.15, -0.1) is 11.3 Å². The number of aromatic hydroxyl groups is 1. The van der Waals surface area contributed by atoms with Crippen molar-refractivity contribution in [2.45, 2.75) is 59.5 Å². The molecule has 3 N–H and O–H groups in total. The summed E-state index contributed by atoms with van der Waals surface area (Å²) >= 11 is 7.90. The Morgan fingerprint density at radius 1 is 1.30 bits per heavy atom. The van der Waals surface area contributed by atoms with Gasteiger partial charge in [0.1, 0.15) is 11.2 Å². The van der Waals surface area contributed by atoms with Gasteiger partial charge >= 0.3 is 0 Å². The van der Waals surface area contributed by atoms with Crippen LogP contribution < -0.4 is 15.4 Å². The molecular weight excluding hydrogens is 420 g/mol. The van der Waals surface area contributed by atoms with E-state index in [-0.39, 0.29) is 16.7 Å². The number of benzene rings is 1. The maximum absolute atomic E-state index is 13.0. The lowest BCUT2D eigenvalue weighted by molar-refractivity contribution is 0.0934. The van der Waals surface area contributed by atoms with Gasteiger partial charge in [0.2, 0.25) is 0 Å². The minimum absolute atomic E-state index is 0.0541. The van der Waals surface area contributed by atoms with E-state index in [1.54, 1.807) is 23.5 Å². The molecule has 0 radical (unpaired) electrons. The number of phenols is 1. The van der Waals surface area contributed by atoms with Crippen molar-refractivity contribution in [3.8, 4) is 11.5 Å². The van der Waals surface area contributed by atoms with E-state index in [4.69, 9.17) is 16.3 Å². The van der Waals surface area contributed by atoms with Crippen molar-refractivity contribution in [3.05, 3.63) is 38.7 Å². The van der Waals surface area contributed by atoms with E-state index >= 15 is 0 Å². The van der Waals surface area contributed by atoms with Gasteiger partial charge in [-0.2, -0.15) is 0 Å². The van der Waals surface area contributed by atoms with E-state index in [0.717, 1.165) is 41.8 Å². The number of amides is 1. The summed E-state index contributed by atoms with van der Waals surface area (Å²) in [4.78, 5) is 14.4. The van der Waals surface area contributed by atoms with Crippen molar-refractivity contribution in [3.63, 3.8) is 0 Å². The normalized spacial score (nSPS) is 20.8. The predicted octanol–water partition coefficient (Wildman–Crippen LogP) is 5.90. The number of phenolic OH excluding ortho intramolecular Hbond substituents is 1. The van der Waals surface area contributed by atoms with Crippen LogP contribution in [0.25, 0.3) is 0 Å². The van der Waals surface area contributed by atoms with E-state index in [1.165, 1.54) is 10.4 Å². The quantitative estimate of drug-likeness (QED) is 0.532. The molecule has 4 rings (SSSR count). The molecule has 7 heteroatoms. The van der Waals surface area contributed by atoms with Crippen molar-refractivity contribution in [2.75, 3.05) is 11.9 Å². The Kier molecular flexibility index (Phi) is 5.66. The summed E-state index contributed by atoms with van der Waals surface area (Å²) in [5.41, 5.74) is 3.06. The summed E-state index contributed by atoms with van der Waals surface area (Å²) in [6, 6.07) is 3.39. The number of halogens is 1. The van der Waals surface area contributed by atoms with Gasteiger partial charge in [0.25, 0.3) is 5.91 Å². The SMILES string of the molecule is CCOc1cc([C@@H]2NC(=O)c3c(sc4c3CC[C@H](C(C)(C)CC)C4)N2)cc(Cl)c1O. The average molecular weight is 449 g/mol. The number of carbonyl (C=O) groups is 1. The smallest absolute Gasteiger partial charge is 0.256 e. The highest BCUT2D eigenvalue weighted by Gasteiger charge is 2.37. The molecule has 2 aromatic rings. The first-order valence-corrected chi connectivity index (χ1v) is 11.8. The van der Waals surface area contributed by atoms with Crippen LogP contribution >= 0.6 is 22.9 Å². The van der Waals surface area contributed by atoms with Crippen LogP contribution in [0.4, 0.5) is 5.00 Å². The first-order chi connectivity index (χ1) is 14.2. The summed E-state index contributed by atoms with van der Waals surface area (Å²) in [7, 11) is 0. The molecule has 2 aliphatic rings. The van der Waals surface area contributed by atoms with Crippen LogP contribution in [0.2, 0.25) is 5.02 Å². The Hall–Kier alpha value is -1.92. The number of hydrogen-bond donors (Lipinski definition) is 3. The molecule has 0 spiro atoms. The van der Waals surface area contributed by atoms with Crippen LogP contribution in [0.15, 0.2) is 12.1 Å². The third kappa shape index (κ3) is 3.65. The second kappa shape index (κ2) is 7.97. The second-order valence-electron chi connectivity index (χ2n) is 8.82. The van der Waals surface area contributed by atoms with Gasteiger partial charge in [-0.1, -0.05) is 38.8 Å². The number of carbonyl (C=O) groups excluding carboxylic acids is 1. The Bertz CT molecular complexity index is 985. The van der Waals surface area contributed by atoms with Crippen molar-refractivity contribution < 1.29 is 14.6 Å². The highest BCUT2D eigenvalue weighted by molar-refractivity contribution is 7.16. The fourth-order valence-corrected chi connectivity index (χ4v) is 6.02. The minimum Gasteiger partial charge on any atom is -0.503 e. The minimum atomic E-state index is -0.426. The highest BCUT2D eigenvalue weighted by Crippen LogP contribution is 2.47. The lowest BCUT2D eigenvalue weighted by Gasteiger charge is -2.36. The predicted molar refractivity (Wildman–Crippen MR) is 122 cm³/mol. The van der Waals surface area contributed by atoms with Crippen LogP contribution in [0.5, 0.6) is 11.5 Å². The summed E-state index contributed by atoms with van der Waals surface area (Å²) in [5, 5.41) is 17.8. The Balaban J connectivity index is 1.64. The summed E-state index contributed by atoms with van der Waals surface area (Å²) < 4.78 is 5.49. The zero-order valence-electron chi connectivity index (χ0n) is 17.9. The molecule has 0 saturated carbocycles. The third-order valence-electron chi connectivity index (χ3n) is 6.74. The summed E-state index contributed by atoms with van der Waals surface area (Å²) in [6.45, 7) is 9.21. The molecule has 30 heavy (non-hydrogen) atoms. The maximum atomic E-state index is 13.0. The number of rotatable bonds is 5. The molecule has 0 unspecified atom stereocenters. The van der Waals surface area contributed by atoms with Gasteiger partial charge in [0.15, 0.2) is 11.5 Å².